The highest BCUT2D eigenvalue weighted by Crippen LogP contribution is 2.24. The summed E-state index contributed by atoms with van der Waals surface area (Å²) in [4.78, 5) is 20.0. The van der Waals surface area contributed by atoms with E-state index in [1.165, 1.54) is 0 Å². The number of hydrogen-bond acceptors (Lipinski definition) is 4. The molecule has 0 unspecified atom stereocenters. The van der Waals surface area contributed by atoms with Crippen molar-refractivity contribution in [2.24, 2.45) is 0 Å². The molecule has 1 amide bonds. The first-order chi connectivity index (χ1) is 9.02. The lowest BCUT2D eigenvalue weighted by Crippen LogP contribution is -2.34. The van der Waals surface area contributed by atoms with Crippen LogP contribution >= 0.6 is 0 Å². The monoisotopic (exact) mass is 258 g/mol. The Kier molecular flexibility index (Phi) is 3.70. The van der Waals surface area contributed by atoms with Crippen LogP contribution in [0.5, 0.6) is 0 Å². The molecule has 1 aromatic rings. The first-order valence-electron chi connectivity index (χ1n) is 6.40. The highest BCUT2D eigenvalue weighted by atomic mass is 16.2. The molecule has 0 saturated carbocycles. The Morgan fingerprint density at radius 2 is 2.11 bits per heavy atom. The highest BCUT2D eigenvalue weighted by molar-refractivity contribution is 5.82. The number of anilines is 1. The summed E-state index contributed by atoms with van der Waals surface area (Å²) >= 11 is 0. The number of nitriles is 1. The summed E-state index contributed by atoms with van der Waals surface area (Å²) in [5.74, 6) is 0.0912. The number of likely N-dealkylation sites (N-methyl/N-ethyl adjacent to an activating group) is 1. The molecule has 0 radical (unpaired) electrons. The minimum Gasteiger partial charge on any atom is -0.361 e. The number of nitrogens with zero attached hydrogens (tertiary/aromatic N) is 4. The summed E-state index contributed by atoms with van der Waals surface area (Å²) in [5, 5.41) is 9.30. The van der Waals surface area contributed by atoms with E-state index in [1.54, 1.807) is 4.90 Å². The van der Waals surface area contributed by atoms with Gasteiger partial charge in [0, 0.05) is 25.8 Å². The number of carbonyl (C=O) groups excluding carboxylic acids is 1. The van der Waals surface area contributed by atoms with Crippen LogP contribution in [0.2, 0.25) is 0 Å². The van der Waals surface area contributed by atoms with Crippen LogP contribution in [0.25, 0.3) is 0 Å². The smallest absolute Gasteiger partial charge is 0.241 e. The Hall–Kier alpha value is -2.09. The number of rotatable bonds is 1. The van der Waals surface area contributed by atoms with Crippen LogP contribution in [0.3, 0.4) is 0 Å². The lowest BCUT2D eigenvalue weighted by molar-refractivity contribution is -0.127. The summed E-state index contributed by atoms with van der Waals surface area (Å²) < 4.78 is 0. The summed E-state index contributed by atoms with van der Waals surface area (Å²) in [6.07, 6.45) is 0.910. The van der Waals surface area contributed by atoms with Crippen LogP contribution in [0.4, 0.5) is 5.69 Å². The van der Waals surface area contributed by atoms with Crippen LogP contribution in [0, 0.1) is 25.2 Å². The van der Waals surface area contributed by atoms with Gasteiger partial charge in [0.2, 0.25) is 5.91 Å². The summed E-state index contributed by atoms with van der Waals surface area (Å²) in [5.41, 5.74) is 3.00. The van der Waals surface area contributed by atoms with Gasteiger partial charge in [0.15, 0.2) is 0 Å². The fourth-order valence-electron chi connectivity index (χ4n) is 2.39. The normalized spacial score (nSPS) is 16.2. The second-order valence-electron chi connectivity index (χ2n) is 4.95. The minimum atomic E-state index is 0.0912. The molecule has 0 N–H and O–H groups in total. The first kappa shape index (κ1) is 13.3. The van der Waals surface area contributed by atoms with Gasteiger partial charge >= 0.3 is 0 Å². The Labute approximate surface area is 113 Å². The molecule has 100 valence electrons. The SMILES string of the molecule is Cc1cc(N2CCCN(C)C(=O)C2)c(C#N)c(C)n1. The standard InChI is InChI=1S/C14H18N4O/c1-10-7-13(12(8-15)11(2)16-10)18-6-4-5-17(3)14(19)9-18/h7H,4-6,9H2,1-3H3. The Morgan fingerprint density at radius 1 is 1.37 bits per heavy atom. The molecule has 5 nitrogen and oxygen atoms in total. The summed E-state index contributed by atoms with van der Waals surface area (Å²) in [6.45, 7) is 5.62. The molecule has 1 saturated heterocycles. The molecular formula is C14H18N4O. The number of aromatic nitrogens is 1. The van der Waals surface area contributed by atoms with Gasteiger partial charge in [0.05, 0.1) is 23.5 Å². The molecule has 2 heterocycles. The van der Waals surface area contributed by atoms with Crippen molar-refractivity contribution in [2.75, 3.05) is 31.6 Å². The molecule has 1 aliphatic heterocycles. The van der Waals surface area contributed by atoms with Crippen molar-refractivity contribution < 1.29 is 4.79 Å². The van der Waals surface area contributed by atoms with E-state index in [2.05, 4.69) is 11.1 Å². The molecule has 0 bridgehead atoms. The van der Waals surface area contributed by atoms with Gasteiger partial charge in [-0.3, -0.25) is 9.78 Å². The predicted molar refractivity (Wildman–Crippen MR) is 72.9 cm³/mol. The van der Waals surface area contributed by atoms with Gasteiger partial charge < -0.3 is 9.80 Å². The third kappa shape index (κ3) is 2.68. The molecule has 0 aromatic carbocycles. The topological polar surface area (TPSA) is 60.2 Å². The second-order valence-corrected chi connectivity index (χ2v) is 4.95. The fraction of sp³-hybridized carbons (Fsp3) is 0.500. The van der Waals surface area contributed by atoms with E-state index in [0.29, 0.717) is 12.1 Å². The van der Waals surface area contributed by atoms with E-state index in [4.69, 9.17) is 0 Å². The van der Waals surface area contributed by atoms with E-state index in [9.17, 15) is 10.1 Å². The zero-order chi connectivity index (χ0) is 14.0. The third-order valence-electron chi connectivity index (χ3n) is 3.43. The predicted octanol–water partition coefficient (Wildman–Crippen LogP) is 1.24. The average molecular weight is 258 g/mol. The second kappa shape index (κ2) is 5.27. The van der Waals surface area contributed by atoms with Gasteiger partial charge in [-0.2, -0.15) is 5.26 Å². The maximum absolute atomic E-state index is 12.0. The summed E-state index contributed by atoms with van der Waals surface area (Å²) in [7, 11) is 1.82. The van der Waals surface area contributed by atoms with E-state index in [-0.39, 0.29) is 5.91 Å². The van der Waals surface area contributed by atoms with E-state index in [0.717, 1.165) is 36.6 Å². The van der Waals surface area contributed by atoms with Crippen LogP contribution in [0.1, 0.15) is 23.4 Å². The van der Waals surface area contributed by atoms with Gasteiger partial charge in [-0.15, -0.1) is 0 Å². The number of amides is 1. The Morgan fingerprint density at radius 3 is 2.79 bits per heavy atom. The van der Waals surface area contributed by atoms with Crippen LogP contribution in [-0.4, -0.2) is 42.5 Å². The largest absolute Gasteiger partial charge is 0.361 e. The zero-order valence-electron chi connectivity index (χ0n) is 11.6. The molecule has 19 heavy (non-hydrogen) atoms. The molecule has 1 fully saturated rings. The molecule has 0 aliphatic carbocycles. The van der Waals surface area contributed by atoms with Crippen molar-refractivity contribution >= 4 is 11.6 Å². The molecule has 0 atom stereocenters. The quantitative estimate of drug-likeness (QED) is 0.760. The van der Waals surface area contributed by atoms with Crippen molar-refractivity contribution in [3.63, 3.8) is 0 Å². The van der Waals surface area contributed by atoms with Crippen molar-refractivity contribution in [3.8, 4) is 6.07 Å². The average Bonchev–Trinajstić information content (AvgIpc) is 2.51. The van der Waals surface area contributed by atoms with Gasteiger partial charge in [0.1, 0.15) is 6.07 Å². The van der Waals surface area contributed by atoms with Crippen LogP contribution < -0.4 is 4.90 Å². The Bertz CT molecular complexity index is 547. The third-order valence-corrected chi connectivity index (χ3v) is 3.43. The fourth-order valence-corrected chi connectivity index (χ4v) is 2.39. The van der Waals surface area contributed by atoms with E-state index >= 15 is 0 Å². The Balaban J connectivity index is 2.41. The van der Waals surface area contributed by atoms with Crippen molar-refractivity contribution in [2.45, 2.75) is 20.3 Å². The lowest BCUT2D eigenvalue weighted by Gasteiger charge is -2.23. The molecular weight excluding hydrogens is 240 g/mol. The number of aryl methyl sites for hydroxylation is 2. The maximum atomic E-state index is 12.0. The zero-order valence-corrected chi connectivity index (χ0v) is 11.6. The minimum absolute atomic E-state index is 0.0912. The maximum Gasteiger partial charge on any atom is 0.241 e. The van der Waals surface area contributed by atoms with E-state index < -0.39 is 0 Å². The molecule has 5 heteroatoms. The molecule has 1 aromatic heterocycles. The molecule has 0 spiro atoms. The van der Waals surface area contributed by atoms with Gasteiger partial charge in [-0.25, -0.2) is 0 Å². The van der Waals surface area contributed by atoms with Crippen molar-refractivity contribution in [1.29, 1.82) is 5.26 Å². The number of pyridine rings is 1. The molecule has 2 rings (SSSR count). The highest BCUT2D eigenvalue weighted by Gasteiger charge is 2.22. The number of hydrogen-bond donors (Lipinski definition) is 0. The summed E-state index contributed by atoms with van der Waals surface area (Å²) in [6, 6.07) is 4.10. The van der Waals surface area contributed by atoms with Gasteiger partial charge in [0.25, 0.3) is 0 Å². The lowest BCUT2D eigenvalue weighted by atomic mass is 10.1. The van der Waals surface area contributed by atoms with Crippen LogP contribution in [-0.2, 0) is 4.79 Å². The van der Waals surface area contributed by atoms with Gasteiger partial charge in [-0.1, -0.05) is 0 Å². The van der Waals surface area contributed by atoms with Crippen molar-refractivity contribution in [3.05, 3.63) is 23.0 Å². The van der Waals surface area contributed by atoms with Crippen molar-refractivity contribution in [1.82, 2.24) is 9.88 Å². The molecule has 1 aliphatic rings. The van der Waals surface area contributed by atoms with E-state index in [1.807, 2.05) is 31.9 Å². The van der Waals surface area contributed by atoms with Gasteiger partial charge in [-0.05, 0) is 26.3 Å². The van der Waals surface area contributed by atoms with Crippen LogP contribution in [0.15, 0.2) is 6.07 Å². The number of carbonyl (C=O) groups is 1. The first-order valence-corrected chi connectivity index (χ1v) is 6.40.